The van der Waals surface area contributed by atoms with Gasteiger partial charge >= 0.3 is 0 Å². The minimum Gasteiger partial charge on any atom is -0.393 e. The fraction of sp³-hybridized carbons (Fsp3) is 1.00. The zero-order valence-corrected chi connectivity index (χ0v) is 5.27. The van der Waals surface area contributed by atoms with Crippen LogP contribution in [0.25, 0.3) is 0 Å². The van der Waals surface area contributed by atoms with E-state index in [1.807, 2.05) is 0 Å². The summed E-state index contributed by atoms with van der Waals surface area (Å²) in [7, 11) is 0. The average molecular weight is 117 g/mol. The third kappa shape index (κ3) is 2.28. The molecule has 2 heteroatoms. The summed E-state index contributed by atoms with van der Waals surface area (Å²) in [6.07, 6.45) is 5.92. The van der Waals surface area contributed by atoms with Crippen LogP contribution in [0.1, 0.15) is 32.1 Å². The Morgan fingerprint density at radius 2 is 1.50 bits per heavy atom. The van der Waals surface area contributed by atoms with Gasteiger partial charge in [-0.25, -0.2) is 0 Å². The van der Waals surface area contributed by atoms with Crippen LogP contribution in [-0.4, -0.2) is 11.2 Å². The number of aliphatic hydroxyl groups is 1. The summed E-state index contributed by atoms with van der Waals surface area (Å²) < 4.78 is 0. The molecular formula is C6H15NO. The summed E-state index contributed by atoms with van der Waals surface area (Å²) in [5, 5.41) is 8.91. The Bertz CT molecular complexity index is 50.5. The lowest BCUT2D eigenvalue weighted by Gasteiger charge is -2.14. The quantitative estimate of drug-likeness (QED) is 0.505. The van der Waals surface area contributed by atoms with Crippen LogP contribution in [0.15, 0.2) is 0 Å². The Hall–Kier alpha value is -0.0800. The summed E-state index contributed by atoms with van der Waals surface area (Å²) in [6.45, 7) is 0. The molecule has 0 unspecified atom stereocenters. The van der Waals surface area contributed by atoms with Gasteiger partial charge in [0.2, 0.25) is 0 Å². The molecule has 0 aromatic carbocycles. The predicted molar refractivity (Wildman–Crippen MR) is 34.1 cm³/mol. The first kappa shape index (κ1) is 7.92. The zero-order chi connectivity index (χ0) is 5.11. The van der Waals surface area contributed by atoms with Crippen molar-refractivity contribution in [1.29, 1.82) is 0 Å². The van der Waals surface area contributed by atoms with Crippen LogP contribution < -0.4 is 6.15 Å². The molecule has 1 saturated carbocycles. The summed E-state index contributed by atoms with van der Waals surface area (Å²) >= 11 is 0. The second-order valence-electron chi connectivity index (χ2n) is 2.29. The molecule has 0 heterocycles. The molecule has 0 amide bonds. The summed E-state index contributed by atoms with van der Waals surface area (Å²) in [6, 6.07) is 0. The topological polar surface area (TPSA) is 55.2 Å². The van der Waals surface area contributed by atoms with Gasteiger partial charge in [0, 0.05) is 0 Å². The van der Waals surface area contributed by atoms with Crippen molar-refractivity contribution in [3.63, 3.8) is 0 Å². The first-order valence-corrected chi connectivity index (χ1v) is 3.07. The molecular weight excluding hydrogens is 102 g/mol. The van der Waals surface area contributed by atoms with Gasteiger partial charge in [0.25, 0.3) is 0 Å². The fourth-order valence-electron chi connectivity index (χ4n) is 1.08. The summed E-state index contributed by atoms with van der Waals surface area (Å²) in [4.78, 5) is 0. The highest BCUT2D eigenvalue weighted by Gasteiger charge is 2.07. The Kier molecular flexibility index (Phi) is 3.83. The van der Waals surface area contributed by atoms with Gasteiger partial charge in [0.1, 0.15) is 0 Å². The molecule has 1 fully saturated rings. The number of rotatable bonds is 0. The fourth-order valence-corrected chi connectivity index (χ4v) is 1.08. The van der Waals surface area contributed by atoms with Crippen molar-refractivity contribution in [2.24, 2.45) is 0 Å². The molecule has 0 atom stereocenters. The van der Waals surface area contributed by atoms with Crippen LogP contribution in [0.4, 0.5) is 0 Å². The SMILES string of the molecule is N.OC1CCCCC1. The van der Waals surface area contributed by atoms with E-state index in [4.69, 9.17) is 5.11 Å². The molecule has 1 aliphatic rings. The highest BCUT2D eigenvalue weighted by molar-refractivity contribution is 4.61. The number of aliphatic hydroxyl groups excluding tert-OH is 1. The zero-order valence-electron chi connectivity index (χ0n) is 5.27. The van der Waals surface area contributed by atoms with Crippen molar-refractivity contribution in [3.8, 4) is 0 Å². The molecule has 0 aromatic heterocycles. The van der Waals surface area contributed by atoms with Crippen molar-refractivity contribution in [2.45, 2.75) is 38.2 Å². The third-order valence-corrected chi connectivity index (χ3v) is 1.57. The van der Waals surface area contributed by atoms with Gasteiger partial charge in [-0.1, -0.05) is 19.3 Å². The Morgan fingerprint density at radius 3 is 1.75 bits per heavy atom. The van der Waals surface area contributed by atoms with E-state index in [0.29, 0.717) is 0 Å². The van der Waals surface area contributed by atoms with Gasteiger partial charge in [-0.15, -0.1) is 0 Å². The highest BCUT2D eigenvalue weighted by atomic mass is 16.3. The van der Waals surface area contributed by atoms with Crippen LogP contribution in [-0.2, 0) is 0 Å². The predicted octanol–water partition coefficient (Wildman–Crippen LogP) is 1.47. The lowest BCUT2D eigenvalue weighted by Crippen LogP contribution is -2.09. The third-order valence-electron chi connectivity index (χ3n) is 1.57. The van der Waals surface area contributed by atoms with E-state index in [1.54, 1.807) is 0 Å². The Balaban J connectivity index is 0.000000490. The van der Waals surface area contributed by atoms with E-state index in [2.05, 4.69) is 0 Å². The Labute approximate surface area is 50.5 Å². The first-order valence-electron chi connectivity index (χ1n) is 3.07. The van der Waals surface area contributed by atoms with E-state index < -0.39 is 0 Å². The van der Waals surface area contributed by atoms with Crippen molar-refractivity contribution >= 4 is 0 Å². The minimum absolute atomic E-state index is 0. The van der Waals surface area contributed by atoms with Crippen molar-refractivity contribution in [3.05, 3.63) is 0 Å². The van der Waals surface area contributed by atoms with Gasteiger partial charge in [0.05, 0.1) is 6.10 Å². The van der Waals surface area contributed by atoms with E-state index in [9.17, 15) is 0 Å². The van der Waals surface area contributed by atoms with E-state index in [0.717, 1.165) is 12.8 Å². The Morgan fingerprint density at radius 1 is 1.00 bits per heavy atom. The van der Waals surface area contributed by atoms with E-state index >= 15 is 0 Å². The smallest absolute Gasteiger partial charge is 0.0540 e. The van der Waals surface area contributed by atoms with Gasteiger partial charge in [-0.05, 0) is 12.8 Å². The molecule has 0 aliphatic heterocycles. The van der Waals surface area contributed by atoms with Crippen molar-refractivity contribution in [1.82, 2.24) is 6.15 Å². The van der Waals surface area contributed by atoms with E-state index in [-0.39, 0.29) is 12.3 Å². The monoisotopic (exact) mass is 117 g/mol. The van der Waals surface area contributed by atoms with Gasteiger partial charge in [-0.3, -0.25) is 0 Å². The van der Waals surface area contributed by atoms with Gasteiger partial charge < -0.3 is 11.3 Å². The summed E-state index contributed by atoms with van der Waals surface area (Å²) in [5.74, 6) is 0. The van der Waals surface area contributed by atoms with Crippen LogP contribution in [0.3, 0.4) is 0 Å². The molecule has 1 aliphatic carbocycles. The maximum atomic E-state index is 8.91. The van der Waals surface area contributed by atoms with Crippen LogP contribution in [0, 0.1) is 0 Å². The van der Waals surface area contributed by atoms with Crippen LogP contribution in [0.2, 0.25) is 0 Å². The van der Waals surface area contributed by atoms with Crippen molar-refractivity contribution in [2.75, 3.05) is 0 Å². The highest BCUT2D eigenvalue weighted by Crippen LogP contribution is 2.16. The molecule has 0 aromatic rings. The molecule has 0 bridgehead atoms. The lowest BCUT2D eigenvalue weighted by atomic mass is 9.98. The lowest BCUT2D eigenvalue weighted by molar-refractivity contribution is 0.130. The van der Waals surface area contributed by atoms with Gasteiger partial charge in [-0.2, -0.15) is 0 Å². The summed E-state index contributed by atoms with van der Waals surface area (Å²) in [5.41, 5.74) is 0. The van der Waals surface area contributed by atoms with Crippen LogP contribution in [0.5, 0.6) is 0 Å². The average Bonchev–Trinajstić information content (AvgIpc) is 1.69. The number of hydrogen-bond acceptors (Lipinski definition) is 2. The second-order valence-corrected chi connectivity index (χ2v) is 2.29. The number of hydrogen-bond donors (Lipinski definition) is 2. The van der Waals surface area contributed by atoms with Gasteiger partial charge in [0.15, 0.2) is 0 Å². The molecule has 0 radical (unpaired) electrons. The van der Waals surface area contributed by atoms with Crippen LogP contribution >= 0.6 is 0 Å². The van der Waals surface area contributed by atoms with Crippen molar-refractivity contribution < 1.29 is 5.11 Å². The minimum atomic E-state index is 0. The van der Waals surface area contributed by atoms with E-state index in [1.165, 1.54) is 19.3 Å². The molecule has 2 nitrogen and oxygen atoms in total. The molecule has 1 rings (SSSR count). The largest absolute Gasteiger partial charge is 0.393 e. The molecule has 50 valence electrons. The maximum Gasteiger partial charge on any atom is 0.0540 e. The normalized spacial score (nSPS) is 22.1. The molecule has 0 spiro atoms. The first-order chi connectivity index (χ1) is 3.39. The standard InChI is InChI=1S/C6H12O.H3N/c7-6-4-2-1-3-5-6;/h6-7H,1-5H2;1H3. The maximum absolute atomic E-state index is 8.91. The molecule has 0 saturated heterocycles. The second kappa shape index (κ2) is 3.87. The molecule has 4 N–H and O–H groups in total. The molecule has 8 heavy (non-hydrogen) atoms.